The second-order valence-corrected chi connectivity index (χ2v) is 8.01. The Kier molecular flexibility index (Phi) is 7.28. The number of aliphatic hydroxyl groups excluding tert-OH is 1. The molecule has 0 aromatic carbocycles. The van der Waals surface area contributed by atoms with Gasteiger partial charge in [0.05, 0.1) is 30.8 Å². The molecule has 0 amide bonds. The van der Waals surface area contributed by atoms with Crippen LogP contribution in [0.15, 0.2) is 40.7 Å². The van der Waals surface area contributed by atoms with E-state index in [9.17, 15) is 19.1 Å². The van der Waals surface area contributed by atoms with Crippen molar-refractivity contribution in [1.82, 2.24) is 19.7 Å². The third kappa shape index (κ3) is 5.11. The van der Waals surface area contributed by atoms with Crippen LogP contribution < -0.4 is 15.9 Å². The molecule has 4 N–H and O–H groups in total. The predicted molar refractivity (Wildman–Crippen MR) is 124 cm³/mol. The summed E-state index contributed by atoms with van der Waals surface area (Å²) in [6.45, 7) is 2.90. The summed E-state index contributed by atoms with van der Waals surface area (Å²) in [7, 11) is 0. The van der Waals surface area contributed by atoms with Crippen molar-refractivity contribution in [2.75, 3.05) is 19.7 Å². The largest absolute Gasteiger partial charge is 0.466 e. The molecule has 1 saturated heterocycles. The average molecular weight is 482 g/mol. The number of imidazole rings is 1. The number of hydrogen-bond acceptors (Lipinski definition) is 9. The van der Waals surface area contributed by atoms with Crippen LogP contribution in [0.5, 0.6) is 5.88 Å². The van der Waals surface area contributed by atoms with E-state index >= 15 is 0 Å². The van der Waals surface area contributed by atoms with Crippen LogP contribution in [0, 0.1) is 23.0 Å². The first-order chi connectivity index (χ1) is 16.9. The van der Waals surface area contributed by atoms with Gasteiger partial charge in [-0.1, -0.05) is 0 Å². The molecule has 0 radical (unpaired) electrons. The second-order valence-electron chi connectivity index (χ2n) is 8.01. The Labute approximate surface area is 199 Å². The molecule has 182 valence electrons. The Morgan fingerprint density at radius 2 is 2.09 bits per heavy atom. The van der Waals surface area contributed by atoms with Crippen molar-refractivity contribution in [3.63, 3.8) is 0 Å². The average Bonchev–Trinajstić information content (AvgIpc) is 3.27. The monoisotopic (exact) mass is 482 g/mol. The molecule has 12 heteroatoms. The van der Waals surface area contributed by atoms with E-state index in [2.05, 4.69) is 20.4 Å². The predicted octanol–water partition coefficient (Wildman–Crippen LogP) is 1.87. The summed E-state index contributed by atoms with van der Waals surface area (Å²) in [5.41, 5.74) is 1.72. The Morgan fingerprint density at radius 1 is 1.31 bits per heavy atom. The van der Waals surface area contributed by atoms with Gasteiger partial charge in [-0.2, -0.15) is 10.4 Å². The first kappa shape index (κ1) is 24.2. The summed E-state index contributed by atoms with van der Waals surface area (Å²) in [5, 5.41) is 26.6. The fourth-order valence-corrected chi connectivity index (χ4v) is 4.02. The fourth-order valence-electron chi connectivity index (χ4n) is 4.02. The van der Waals surface area contributed by atoms with Crippen LogP contribution in [0.25, 0.3) is 5.65 Å². The maximum atomic E-state index is 14.4. The van der Waals surface area contributed by atoms with Gasteiger partial charge in [-0.3, -0.25) is 14.4 Å². The minimum Gasteiger partial charge on any atom is -0.466 e. The second kappa shape index (κ2) is 10.5. The summed E-state index contributed by atoms with van der Waals surface area (Å²) in [6, 6.07) is 6.02. The summed E-state index contributed by atoms with van der Waals surface area (Å²) in [4.78, 5) is 12.8. The molecule has 1 aliphatic heterocycles. The first-order valence-corrected chi connectivity index (χ1v) is 11.0. The van der Waals surface area contributed by atoms with Crippen molar-refractivity contribution in [1.29, 1.82) is 5.26 Å². The number of aromatic nitrogens is 3. The van der Waals surface area contributed by atoms with Gasteiger partial charge in [0.1, 0.15) is 34.6 Å². The Bertz CT molecular complexity index is 1330. The van der Waals surface area contributed by atoms with Crippen molar-refractivity contribution in [2.24, 2.45) is 15.9 Å². The third-order valence-electron chi connectivity index (χ3n) is 5.69. The van der Waals surface area contributed by atoms with Crippen molar-refractivity contribution >= 4 is 17.1 Å². The molecule has 0 aliphatic carbocycles. The molecular formula is C23H24F2N8O2. The van der Waals surface area contributed by atoms with Crippen molar-refractivity contribution < 1.29 is 18.6 Å². The van der Waals surface area contributed by atoms with E-state index in [1.54, 1.807) is 19.1 Å². The molecule has 4 heterocycles. The van der Waals surface area contributed by atoms with Crippen molar-refractivity contribution in [3.8, 4) is 11.9 Å². The number of aliphatic imine (C=N–C) groups is 1. The van der Waals surface area contributed by atoms with Gasteiger partial charge in [0, 0.05) is 17.7 Å². The summed E-state index contributed by atoms with van der Waals surface area (Å²) in [5.74, 6) is 3.95. The van der Waals surface area contributed by atoms with Gasteiger partial charge >= 0.3 is 0 Å². The number of nitrogens with two attached hydrogens (primary N) is 1. The van der Waals surface area contributed by atoms with E-state index in [1.165, 1.54) is 10.6 Å². The number of aliphatic hydroxyl groups is 1. The number of pyridine rings is 2. The van der Waals surface area contributed by atoms with E-state index in [1.807, 2.05) is 6.07 Å². The topological polar surface area (TPSA) is 146 Å². The number of piperidine rings is 1. The summed E-state index contributed by atoms with van der Waals surface area (Å²) in [6.07, 6.45) is 2.68. The number of hydrogen-bond donors (Lipinski definition) is 3. The standard InChI is InChI=1S/C23H24F2N8O2/c1-13(31-16-2-4-28-5-3-16)22(32-27)14-6-20-29-11-17(9-26)33(20)21(7-14)35-19(12-34)23-18(25)8-15(24)10-30-23/h6-8,10-11,16,19,28,34H,2-5,12,27H2,1H3/b31-13?,32-22+. The van der Waals surface area contributed by atoms with Gasteiger partial charge in [0.15, 0.2) is 11.9 Å². The Morgan fingerprint density at radius 3 is 2.74 bits per heavy atom. The number of nitrogens with zero attached hydrogens (tertiary/aromatic N) is 6. The molecular weight excluding hydrogens is 458 g/mol. The Balaban J connectivity index is 1.77. The molecule has 0 saturated carbocycles. The highest BCUT2D eigenvalue weighted by Gasteiger charge is 2.23. The molecule has 4 rings (SSSR count). The number of nitriles is 1. The Hall–Kier alpha value is -3.95. The van der Waals surface area contributed by atoms with Crippen molar-refractivity contribution in [3.05, 3.63) is 59.2 Å². The van der Waals surface area contributed by atoms with Gasteiger partial charge in [-0.15, -0.1) is 0 Å². The molecule has 1 aliphatic rings. The zero-order valence-corrected chi connectivity index (χ0v) is 18.9. The lowest BCUT2D eigenvalue weighted by atomic mass is 10.0. The maximum absolute atomic E-state index is 14.4. The highest BCUT2D eigenvalue weighted by Crippen LogP contribution is 2.27. The molecule has 3 aromatic heterocycles. The van der Waals surface area contributed by atoms with Gasteiger partial charge < -0.3 is 21.0 Å². The zero-order chi connectivity index (χ0) is 24.9. The van der Waals surface area contributed by atoms with Crippen LogP contribution in [0.3, 0.4) is 0 Å². The number of halogens is 2. The lowest BCUT2D eigenvalue weighted by Crippen LogP contribution is -2.31. The molecule has 3 aromatic rings. The summed E-state index contributed by atoms with van der Waals surface area (Å²) >= 11 is 0. The van der Waals surface area contributed by atoms with Crippen molar-refractivity contribution in [2.45, 2.75) is 31.9 Å². The lowest BCUT2D eigenvalue weighted by Gasteiger charge is -2.21. The molecule has 0 spiro atoms. The molecule has 10 nitrogen and oxygen atoms in total. The van der Waals surface area contributed by atoms with Crippen LogP contribution in [-0.4, -0.2) is 56.6 Å². The van der Waals surface area contributed by atoms with E-state index in [-0.39, 0.29) is 23.3 Å². The molecule has 35 heavy (non-hydrogen) atoms. The van der Waals surface area contributed by atoms with E-state index in [0.29, 0.717) is 28.7 Å². The van der Waals surface area contributed by atoms with E-state index in [4.69, 9.17) is 15.6 Å². The van der Waals surface area contributed by atoms with Crippen LogP contribution in [0.2, 0.25) is 0 Å². The van der Waals surface area contributed by atoms with Gasteiger partial charge in [-0.25, -0.2) is 13.8 Å². The lowest BCUT2D eigenvalue weighted by molar-refractivity contribution is 0.104. The van der Waals surface area contributed by atoms with Crippen LogP contribution >= 0.6 is 0 Å². The number of fused-ring (bicyclic) bond motifs is 1. The smallest absolute Gasteiger partial charge is 0.201 e. The molecule has 1 unspecified atom stereocenters. The van der Waals surface area contributed by atoms with Crippen LogP contribution in [-0.2, 0) is 0 Å². The zero-order valence-electron chi connectivity index (χ0n) is 18.9. The van der Waals surface area contributed by atoms with E-state index < -0.39 is 24.3 Å². The molecule has 0 bridgehead atoms. The van der Waals surface area contributed by atoms with Crippen LogP contribution in [0.4, 0.5) is 8.78 Å². The minimum atomic E-state index is -1.29. The maximum Gasteiger partial charge on any atom is 0.201 e. The summed E-state index contributed by atoms with van der Waals surface area (Å²) < 4.78 is 35.0. The highest BCUT2D eigenvalue weighted by molar-refractivity contribution is 6.47. The SMILES string of the molecule is CC(=NC1CCNCC1)/C(=N\N)c1cc(OC(CO)c2ncc(F)cc2F)n2c(C#N)cnc2c1. The van der Waals surface area contributed by atoms with Crippen LogP contribution in [0.1, 0.15) is 42.8 Å². The molecule has 1 fully saturated rings. The highest BCUT2D eigenvalue weighted by atomic mass is 19.1. The number of nitrogens with one attached hydrogen (secondary N) is 1. The third-order valence-corrected chi connectivity index (χ3v) is 5.69. The minimum absolute atomic E-state index is 0.0620. The van der Waals surface area contributed by atoms with Gasteiger partial charge in [0.25, 0.3) is 0 Å². The number of ether oxygens (including phenoxy) is 1. The van der Waals surface area contributed by atoms with E-state index in [0.717, 1.165) is 32.1 Å². The quantitative estimate of drug-likeness (QED) is 0.265. The normalized spacial score (nSPS) is 16.3. The fraction of sp³-hybridized carbons (Fsp3) is 0.348. The first-order valence-electron chi connectivity index (χ1n) is 11.0. The number of hydrazone groups is 1. The van der Waals surface area contributed by atoms with Gasteiger partial charge in [0.2, 0.25) is 5.88 Å². The van der Waals surface area contributed by atoms with Gasteiger partial charge in [-0.05, 0) is 38.9 Å². The number of rotatable bonds is 7. The molecule has 1 atom stereocenters.